The maximum atomic E-state index is 11.9. The van der Waals surface area contributed by atoms with Gasteiger partial charge in [-0.1, -0.05) is 0 Å². The fourth-order valence-electron chi connectivity index (χ4n) is 2.57. The lowest BCUT2D eigenvalue weighted by Gasteiger charge is -2.26. The molecule has 1 fully saturated rings. The highest BCUT2D eigenvalue weighted by molar-refractivity contribution is 5.75. The Labute approximate surface area is 140 Å². The Balaban J connectivity index is 1.64. The molecule has 128 valence electrons. The summed E-state index contributed by atoms with van der Waals surface area (Å²) in [6.45, 7) is 2.24. The minimum atomic E-state index is -0.155. The van der Waals surface area contributed by atoms with Crippen molar-refractivity contribution in [2.24, 2.45) is 0 Å². The van der Waals surface area contributed by atoms with E-state index in [-0.39, 0.29) is 25.0 Å². The first-order valence-corrected chi connectivity index (χ1v) is 8.02. The lowest BCUT2D eigenvalue weighted by Crippen LogP contribution is -2.32. The number of nitrogens with zero attached hydrogens (tertiary/aromatic N) is 6. The summed E-state index contributed by atoms with van der Waals surface area (Å²) < 4.78 is 6.72. The van der Waals surface area contributed by atoms with Gasteiger partial charge in [0, 0.05) is 25.5 Å². The van der Waals surface area contributed by atoms with E-state index in [4.69, 9.17) is 4.74 Å². The summed E-state index contributed by atoms with van der Waals surface area (Å²) in [4.78, 5) is 27.1. The van der Waals surface area contributed by atoms with Gasteiger partial charge in [-0.05, 0) is 25.3 Å². The van der Waals surface area contributed by atoms with E-state index >= 15 is 0 Å². The molecule has 0 unspecified atom stereocenters. The monoisotopic (exact) mass is 331 g/mol. The number of ether oxygens (including phenoxy) is 1. The van der Waals surface area contributed by atoms with Crippen LogP contribution in [0.2, 0.25) is 0 Å². The van der Waals surface area contributed by atoms with Gasteiger partial charge >= 0.3 is 6.01 Å². The summed E-state index contributed by atoms with van der Waals surface area (Å²) >= 11 is 0. The van der Waals surface area contributed by atoms with Crippen LogP contribution in [0.1, 0.15) is 25.1 Å². The van der Waals surface area contributed by atoms with E-state index in [1.807, 2.05) is 0 Å². The van der Waals surface area contributed by atoms with Crippen molar-refractivity contribution in [3.63, 3.8) is 0 Å². The Kier molecular flexibility index (Phi) is 5.19. The first-order chi connectivity index (χ1) is 11.7. The van der Waals surface area contributed by atoms with Crippen LogP contribution in [-0.4, -0.2) is 50.8 Å². The zero-order chi connectivity index (χ0) is 16.8. The summed E-state index contributed by atoms with van der Waals surface area (Å²) in [6, 6.07) is 2.04. The van der Waals surface area contributed by atoms with Gasteiger partial charge in [0.05, 0.1) is 13.7 Å². The van der Waals surface area contributed by atoms with Gasteiger partial charge in [0.1, 0.15) is 6.54 Å². The SMILES string of the molecule is COc1nc(CNC(=O)Cn2cccn2)nc(N2CCCCC2)n1. The molecule has 1 N–H and O–H groups in total. The number of carbonyl (C=O) groups excluding carboxylic acids is 1. The van der Waals surface area contributed by atoms with E-state index in [9.17, 15) is 4.79 Å². The summed E-state index contributed by atoms with van der Waals surface area (Å²) in [7, 11) is 1.52. The highest BCUT2D eigenvalue weighted by Crippen LogP contribution is 2.17. The van der Waals surface area contributed by atoms with Gasteiger partial charge in [0.2, 0.25) is 11.9 Å². The van der Waals surface area contributed by atoms with E-state index in [0.29, 0.717) is 11.8 Å². The van der Waals surface area contributed by atoms with E-state index in [1.54, 1.807) is 23.1 Å². The maximum absolute atomic E-state index is 11.9. The van der Waals surface area contributed by atoms with Gasteiger partial charge in [-0.2, -0.15) is 20.1 Å². The molecule has 3 rings (SSSR count). The van der Waals surface area contributed by atoms with E-state index in [2.05, 4.69) is 30.3 Å². The van der Waals surface area contributed by atoms with Gasteiger partial charge in [0.25, 0.3) is 0 Å². The molecular weight excluding hydrogens is 310 g/mol. The lowest BCUT2D eigenvalue weighted by atomic mass is 10.1. The summed E-state index contributed by atoms with van der Waals surface area (Å²) in [5.74, 6) is 0.937. The zero-order valence-corrected chi connectivity index (χ0v) is 13.7. The predicted molar refractivity (Wildman–Crippen MR) is 86.5 cm³/mol. The average Bonchev–Trinajstić information content (AvgIpc) is 3.13. The van der Waals surface area contributed by atoms with Crippen LogP contribution in [-0.2, 0) is 17.9 Å². The molecule has 3 heterocycles. The summed E-state index contributed by atoms with van der Waals surface area (Å²) in [6.07, 6.45) is 6.86. The third-order valence-electron chi connectivity index (χ3n) is 3.78. The van der Waals surface area contributed by atoms with Crippen LogP contribution >= 0.6 is 0 Å². The van der Waals surface area contributed by atoms with Crippen molar-refractivity contribution >= 4 is 11.9 Å². The Morgan fingerprint density at radius 3 is 2.79 bits per heavy atom. The molecule has 1 aliphatic heterocycles. The molecule has 0 atom stereocenters. The van der Waals surface area contributed by atoms with Gasteiger partial charge < -0.3 is 15.0 Å². The second kappa shape index (κ2) is 7.71. The largest absolute Gasteiger partial charge is 0.467 e. The van der Waals surface area contributed by atoms with Crippen LogP contribution in [0.3, 0.4) is 0 Å². The Bertz CT molecular complexity index is 668. The molecule has 0 spiro atoms. The molecule has 0 saturated carbocycles. The number of hydrogen-bond acceptors (Lipinski definition) is 7. The lowest BCUT2D eigenvalue weighted by molar-refractivity contribution is -0.122. The fourth-order valence-corrected chi connectivity index (χ4v) is 2.57. The van der Waals surface area contributed by atoms with Crippen molar-refractivity contribution in [3.05, 3.63) is 24.3 Å². The first kappa shape index (κ1) is 16.2. The third-order valence-corrected chi connectivity index (χ3v) is 3.78. The van der Waals surface area contributed by atoms with Crippen LogP contribution in [0.25, 0.3) is 0 Å². The van der Waals surface area contributed by atoms with E-state index < -0.39 is 0 Å². The number of aromatic nitrogens is 5. The number of hydrogen-bond donors (Lipinski definition) is 1. The minimum Gasteiger partial charge on any atom is -0.467 e. The number of carbonyl (C=O) groups is 1. The zero-order valence-electron chi connectivity index (χ0n) is 13.7. The van der Waals surface area contributed by atoms with Gasteiger partial charge in [-0.25, -0.2) is 0 Å². The predicted octanol–water partition coefficient (Wildman–Crippen LogP) is 0.383. The smallest absolute Gasteiger partial charge is 0.321 e. The first-order valence-electron chi connectivity index (χ1n) is 8.02. The topological polar surface area (TPSA) is 98.1 Å². The minimum absolute atomic E-state index is 0.155. The standard InChI is InChI=1S/C15H21N7O2/c1-24-15-19-12(10-16-13(23)11-22-9-5-6-17-22)18-14(20-15)21-7-3-2-4-8-21/h5-6,9H,2-4,7-8,10-11H2,1H3,(H,16,23). The molecule has 9 nitrogen and oxygen atoms in total. The molecule has 0 radical (unpaired) electrons. The normalized spacial score (nSPS) is 14.5. The van der Waals surface area contributed by atoms with Crippen molar-refractivity contribution in [1.29, 1.82) is 0 Å². The average molecular weight is 331 g/mol. The fraction of sp³-hybridized carbons (Fsp3) is 0.533. The molecule has 2 aromatic rings. The summed E-state index contributed by atoms with van der Waals surface area (Å²) in [5.41, 5.74) is 0. The van der Waals surface area contributed by atoms with Crippen LogP contribution in [0, 0.1) is 0 Å². The van der Waals surface area contributed by atoms with Gasteiger partial charge in [-0.15, -0.1) is 0 Å². The van der Waals surface area contributed by atoms with E-state index in [0.717, 1.165) is 25.9 Å². The molecule has 0 aromatic carbocycles. The van der Waals surface area contributed by atoms with Crippen molar-refractivity contribution in [2.75, 3.05) is 25.1 Å². The molecule has 0 bridgehead atoms. The molecule has 1 aliphatic rings. The van der Waals surface area contributed by atoms with Crippen molar-refractivity contribution < 1.29 is 9.53 Å². The Morgan fingerprint density at radius 2 is 2.08 bits per heavy atom. The van der Waals surface area contributed by atoms with Gasteiger partial charge in [-0.3, -0.25) is 9.48 Å². The number of methoxy groups -OCH3 is 1. The maximum Gasteiger partial charge on any atom is 0.321 e. The number of anilines is 1. The van der Waals surface area contributed by atoms with Crippen molar-refractivity contribution in [2.45, 2.75) is 32.4 Å². The molecule has 1 amide bonds. The van der Waals surface area contributed by atoms with Crippen LogP contribution in [0.15, 0.2) is 18.5 Å². The van der Waals surface area contributed by atoms with Crippen LogP contribution in [0.5, 0.6) is 6.01 Å². The number of nitrogens with one attached hydrogen (secondary N) is 1. The van der Waals surface area contributed by atoms with E-state index in [1.165, 1.54) is 13.5 Å². The highest BCUT2D eigenvalue weighted by Gasteiger charge is 2.16. The number of amides is 1. The highest BCUT2D eigenvalue weighted by atomic mass is 16.5. The Morgan fingerprint density at radius 1 is 1.25 bits per heavy atom. The molecule has 0 aliphatic carbocycles. The Hall–Kier alpha value is -2.71. The van der Waals surface area contributed by atoms with Crippen LogP contribution in [0.4, 0.5) is 5.95 Å². The van der Waals surface area contributed by atoms with Crippen molar-refractivity contribution in [1.82, 2.24) is 30.0 Å². The second-order valence-electron chi connectivity index (χ2n) is 5.57. The summed E-state index contributed by atoms with van der Waals surface area (Å²) in [5, 5.41) is 6.79. The van der Waals surface area contributed by atoms with Gasteiger partial charge in [0.15, 0.2) is 5.82 Å². The number of rotatable bonds is 6. The molecule has 9 heteroatoms. The van der Waals surface area contributed by atoms with Crippen molar-refractivity contribution in [3.8, 4) is 6.01 Å². The molecule has 24 heavy (non-hydrogen) atoms. The number of piperidine rings is 1. The quantitative estimate of drug-likeness (QED) is 0.817. The second-order valence-corrected chi connectivity index (χ2v) is 5.57. The molecule has 2 aromatic heterocycles. The van der Waals surface area contributed by atoms with Crippen LogP contribution < -0.4 is 15.0 Å². The third kappa shape index (κ3) is 4.18. The molecule has 1 saturated heterocycles. The molecular formula is C15H21N7O2.